The average Bonchev–Trinajstić information content (AvgIpc) is 2.49. The van der Waals surface area contributed by atoms with Crippen LogP contribution in [-0.4, -0.2) is 26.9 Å². The third kappa shape index (κ3) is 2.77. The van der Waals surface area contributed by atoms with E-state index in [1.54, 1.807) is 0 Å². The molecule has 0 radical (unpaired) electrons. The van der Waals surface area contributed by atoms with Crippen molar-refractivity contribution in [1.29, 1.82) is 0 Å². The van der Waals surface area contributed by atoms with Crippen molar-refractivity contribution in [2.24, 2.45) is 5.92 Å². The highest BCUT2D eigenvalue weighted by atomic mass is 16.5. The summed E-state index contributed by atoms with van der Waals surface area (Å²) < 4.78 is 11.2. The Bertz CT molecular complexity index is 427. The minimum Gasteiger partial charge on any atom is -0.493 e. The lowest BCUT2D eigenvalue weighted by Crippen LogP contribution is -2.30. The predicted molar refractivity (Wildman–Crippen MR) is 75.6 cm³/mol. The molecule has 1 N–H and O–H groups in total. The molecule has 0 aromatic heterocycles. The van der Waals surface area contributed by atoms with Gasteiger partial charge in [-0.3, -0.25) is 0 Å². The highest BCUT2D eigenvalue weighted by molar-refractivity contribution is 5.39. The van der Waals surface area contributed by atoms with Crippen LogP contribution in [0.3, 0.4) is 0 Å². The van der Waals surface area contributed by atoms with E-state index in [4.69, 9.17) is 9.47 Å². The van der Waals surface area contributed by atoms with Crippen LogP contribution in [-0.2, 0) is 11.2 Å². The van der Waals surface area contributed by atoms with E-state index in [1.165, 1.54) is 11.1 Å². The van der Waals surface area contributed by atoms with Gasteiger partial charge < -0.3 is 14.8 Å². The van der Waals surface area contributed by atoms with Crippen LogP contribution in [0.4, 0.5) is 0 Å². The molecule has 1 aromatic carbocycles. The van der Waals surface area contributed by atoms with Gasteiger partial charge in [0.05, 0.1) is 6.61 Å². The van der Waals surface area contributed by atoms with Gasteiger partial charge in [0, 0.05) is 19.3 Å². The van der Waals surface area contributed by atoms with Crippen molar-refractivity contribution in [3.05, 3.63) is 29.3 Å². The zero-order chi connectivity index (χ0) is 13.1. The van der Waals surface area contributed by atoms with Crippen LogP contribution in [0.1, 0.15) is 36.4 Å². The molecule has 1 atom stereocenters. The van der Waals surface area contributed by atoms with Gasteiger partial charge in [0.25, 0.3) is 0 Å². The number of benzene rings is 1. The summed E-state index contributed by atoms with van der Waals surface area (Å²) in [6.45, 7) is 2.66. The van der Waals surface area contributed by atoms with Crippen molar-refractivity contribution >= 4 is 0 Å². The quantitative estimate of drug-likeness (QED) is 0.907. The molecule has 1 aromatic rings. The number of rotatable bonds is 3. The fraction of sp³-hybridized carbons (Fsp3) is 0.625. The Morgan fingerprint density at radius 3 is 2.84 bits per heavy atom. The molecule has 3 nitrogen and oxygen atoms in total. The van der Waals surface area contributed by atoms with Crippen molar-refractivity contribution < 1.29 is 9.47 Å². The Balaban J connectivity index is 1.82. The summed E-state index contributed by atoms with van der Waals surface area (Å²) in [5.74, 6) is 1.76. The summed E-state index contributed by atoms with van der Waals surface area (Å²) in [6, 6.07) is 7.15. The molecule has 1 unspecified atom stereocenters. The molecule has 2 heterocycles. The molecular formula is C16H23NO2. The van der Waals surface area contributed by atoms with E-state index in [0.717, 1.165) is 51.3 Å². The third-order valence-electron chi connectivity index (χ3n) is 4.34. The van der Waals surface area contributed by atoms with E-state index in [9.17, 15) is 0 Å². The molecule has 2 aliphatic heterocycles. The number of nitrogens with one attached hydrogen (secondary N) is 1. The van der Waals surface area contributed by atoms with E-state index < -0.39 is 0 Å². The molecule has 0 bridgehead atoms. The fourth-order valence-corrected chi connectivity index (χ4v) is 3.30. The van der Waals surface area contributed by atoms with Gasteiger partial charge in [0.1, 0.15) is 5.75 Å². The van der Waals surface area contributed by atoms with Crippen LogP contribution in [0.25, 0.3) is 0 Å². The first-order valence-electron chi connectivity index (χ1n) is 7.39. The molecular weight excluding hydrogens is 238 g/mol. The topological polar surface area (TPSA) is 30.5 Å². The first-order valence-corrected chi connectivity index (χ1v) is 7.39. The van der Waals surface area contributed by atoms with Crippen LogP contribution in [0.2, 0.25) is 0 Å². The number of hydrogen-bond donors (Lipinski definition) is 1. The van der Waals surface area contributed by atoms with Gasteiger partial charge in [-0.05, 0) is 55.8 Å². The van der Waals surface area contributed by atoms with Crippen LogP contribution in [0, 0.1) is 5.92 Å². The highest BCUT2D eigenvalue weighted by Gasteiger charge is 2.25. The minimum absolute atomic E-state index is 0.441. The predicted octanol–water partition coefficient (Wildman–Crippen LogP) is 2.70. The monoisotopic (exact) mass is 261 g/mol. The summed E-state index contributed by atoms with van der Waals surface area (Å²) in [7, 11) is 2.07. The van der Waals surface area contributed by atoms with Crippen molar-refractivity contribution in [2.45, 2.75) is 31.7 Å². The first-order chi connectivity index (χ1) is 9.38. The lowest BCUT2D eigenvalue weighted by Gasteiger charge is -2.31. The summed E-state index contributed by atoms with van der Waals surface area (Å²) in [6.07, 6.45) is 4.59. The highest BCUT2D eigenvalue weighted by Crippen LogP contribution is 2.33. The number of fused-ring (bicyclic) bond motifs is 1. The summed E-state index contributed by atoms with van der Waals surface area (Å²) in [5, 5.41) is 3.50. The largest absolute Gasteiger partial charge is 0.493 e. The van der Waals surface area contributed by atoms with Crippen molar-refractivity contribution in [3.8, 4) is 5.75 Å². The zero-order valence-corrected chi connectivity index (χ0v) is 11.7. The zero-order valence-electron chi connectivity index (χ0n) is 11.7. The Labute approximate surface area is 115 Å². The third-order valence-corrected chi connectivity index (χ3v) is 4.34. The SMILES string of the molecule is CNC(c1ccc2c(c1)CCCO2)C1CCOCC1. The van der Waals surface area contributed by atoms with E-state index in [1.807, 2.05) is 0 Å². The van der Waals surface area contributed by atoms with Gasteiger partial charge in [0.2, 0.25) is 0 Å². The molecule has 0 amide bonds. The van der Waals surface area contributed by atoms with Gasteiger partial charge in [-0.15, -0.1) is 0 Å². The molecule has 1 fully saturated rings. The maximum Gasteiger partial charge on any atom is 0.122 e. The summed E-state index contributed by atoms with van der Waals surface area (Å²) >= 11 is 0. The van der Waals surface area contributed by atoms with Gasteiger partial charge in [-0.1, -0.05) is 12.1 Å². The van der Waals surface area contributed by atoms with Gasteiger partial charge in [-0.2, -0.15) is 0 Å². The fourth-order valence-electron chi connectivity index (χ4n) is 3.30. The van der Waals surface area contributed by atoms with Crippen LogP contribution >= 0.6 is 0 Å². The number of hydrogen-bond acceptors (Lipinski definition) is 3. The molecule has 0 spiro atoms. The molecule has 104 valence electrons. The molecule has 3 heteroatoms. The second kappa shape index (κ2) is 5.93. The Kier molecular flexibility index (Phi) is 4.04. The Hall–Kier alpha value is -1.06. The molecule has 0 saturated carbocycles. The normalized spacial score (nSPS) is 21.5. The van der Waals surface area contributed by atoms with Crippen molar-refractivity contribution in [3.63, 3.8) is 0 Å². The maximum atomic E-state index is 5.70. The second-order valence-electron chi connectivity index (χ2n) is 5.54. The summed E-state index contributed by atoms with van der Waals surface area (Å²) in [5.41, 5.74) is 2.77. The lowest BCUT2D eigenvalue weighted by atomic mass is 9.86. The van der Waals surface area contributed by atoms with E-state index >= 15 is 0 Å². The van der Waals surface area contributed by atoms with Crippen molar-refractivity contribution in [2.75, 3.05) is 26.9 Å². The molecule has 1 saturated heterocycles. The first kappa shape index (κ1) is 12.9. The van der Waals surface area contributed by atoms with Gasteiger partial charge in [-0.25, -0.2) is 0 Å². The molecule has 2 aliphatic rings. The van der Waals surface area contributed by atoms with Crippen molar-refractivity contribution in [1.82, 2.24) is 5.32 Å². The van der Waals surface area contributed by atoms with E-state index in [2.05, 4.69) is 30.6 Å². The van der Waals surface area contributed by atoms with Crippen LogP contribution < -0.4 is 10.1 Å². The van der Waals surface area contributed by atoms with E-state index in [-0.39, 0.29) is 0 Å². The summed E-state index contributed by atoms with van der Waals surface area (Å²) in [4.78, 5) is 0. The van der Waals surface area contributed by atoms with E-state index in [0.29, 0.717) is 12.0 Å². The smallest absolute Gasteiger partial charge is 0.122 e. The molecule has 19 heavy (non-hydrogen) atoms. The lowest BCUT2D eigenvalue weighted by molar-refractivity contribution is 0.0546. The molecule has 3 rings (SSSR count). The minimum atomic E-state index is 0.441. The van der Waals surface area contributed by atoms with Crippen LogP contribution in [0.5, 0.6) is 5.75 Å². The number of ether oxygens (including phenoxy) is 2. The number of aryl methyl sites for hydroxylation is 1. The molecule has 0 aliphatic carbocycles. The standard InChI is InChI=1S/C16H23NO2/c1-17-16(12-6-9-18-10-7-12)14-4-5-15-13(11-14)3-2-8-19-15/h4-5,11-12,16-17H,2-3,6-10H2,1H3. The maximum absolute atomic E-state index is 5.70. The van der Waals surface area contributed by atoms with Gasteiger partial charge in [0.15, 0.2) is 0 Å². The van der Waals surface area contributed by atoms with Gasteiger partial charge >= 0.3 is 0 Å². The Morgan fingerprint density at radius 1 is 1.21 bits per heavy atom. The average molecular weight is 261 g/mol. The van der Waals surface area contributed by atoms with Crippen LogP contribution in [0.15, 0.2) is 18.2 Å². The second-order valence-corrected chi connectivity index (χ2v) is 5.54. The Morgan fingerprint density at radius 2 is 2.05 bits per heavy atom.